The highest BCUT2D eigenvalue weighted by molar-refractivity contribution is 4.81. The molecule has 1 rings (SSSR count). The molecule has 0 fully saturated rings. The lowest BCUT2D eigenvalue weighted by atomic mass is 10.1. The fraction of sp³-hybridized carbons (Fsp3) is 0.800. The lowest BCUT2D eigenvalue weighted by molar-refractivity contribution is 0.357. The van der Waals surface area contributed by atoms with Crippen LogP contribution in [0.15, 0.2) is 4.52 Å². The summed E-state index contributed by atoms with van der Waals surface area (Å²) < 4.78 is 4.98. The van der Waals surface area contributed by atoms with E-state index in [0.29, 0.717) is 24.2 Å². The van der Waals surface area contributed by atoms with Crippen molar-refractivity contribution >= 4 is 0 Å². The predicted molar refractivity (Wildman–Crippen MR) is 54.8 cm³/mol. The lowest BCUT2D eigenvalue weighted by Gasteiger charge is -2.09. The summed E-state index contributed by atoms with van der Waals surface area (Å²) in [5, 5.41) is 7.03. The van der Waals surface area contributed by atoms with Crippen LogP contribution in [0.3, 0.4) is 0 Å². The maximum Gasteiger partial charge on any atom is 0.240 e. The normalized spacial score (nSPS) is 13.1. The Kier molecular flexibility index (Phi) is 4.59. The van der Waals surface area contributed by atoms with E-state index in [0.717, 1.165) is 6.54 Å². The first kappa shape index (κ1) is 11.2. The molecule has 0 aromatic carbocycles. The molecule has 0 saturated heterocycles. The molecule has 0 aliphatic rings. The van der Waals surface area contributed by atoms with Crippen molar-refractivity contribution in [2.24, 2.45) is 5.92 Å². The molecule has 1 aromatic heterocycles. The lowest BCUT2D eigenvalue weighted by Crippen LogP contribution is -2.20. The minimum absolute atomic E-state index is 0.672. The van der Waals surface area contributed by atoms with Gasteiger partial charge in [0.1, 0.15) is 0 Å². The number of aryl methyl sites for hydroxylation is 1. The zero-order chi connectivity index (χ0) is 10.4. The third kappa shape index (κ3) is 3.87. The van der Waals surface area contributed by atoms with Crippen molar-refractivity contribution in [3.63, 3.8) is 0 Å². The van der Waals surface area contributed by atoms with Gasteiger partial charge in [0.2, 0.25) is 5.89 Å². The molecule has 0 radical (unpaired) electrons. The van der Waals surface area contributed by atoms with Gasteiger partial charge in [-0.1, -0.05) is 25.4 Å². The second kappa shape index (κ2) is 5.75. The van der Waals surface area contributed by atoms with Crippen molar-refractivity contribution in [3.8, 4) is 0 Å². The standard InChI is InChI=1S/C10H19N3O/c1-4-5-8(2)6-11-7-10-12-9(3)13-14-10/h8,11H,4-7H2,1-3H3. The van der Waals surface area contributed by atoms with Crippen LogP contribution in [0.1, 0.15) is 38.4 Å². The minimum Gasteiger partial charge on any atom is -0.338 e. The molecule has 0 amide bonds. The Morgan fingerprint density at radius 2 is 2.29 bits per heavy atom. The number of hydrogen-bond donors (Lipinski definition) is 1. The van der Waals surface area contributed by atoms with Crippen LogP contribution in [0.5, 0.6) is 0 Å². The summed E-state index contributed by atoms with van der Waals surface area (Å²) >= 11 is 0. The van der Waals surface area contributed by atoms with E-state index < -0.39 is 0 Å². The second-order valence-electron chi connectivity index (χ2n) is 3.76. The Labute approximate surface area is 85.1 Å². The minimum atomic E-state index is 0.672. The maximum atomic E-state index is 4.98. The summed E-state index contributed by atoms with van der Waals surface area (Å²) in [6, 6.07) is 0. The molecule has 0 saturated carbocycles. The maximum absolute atomic E-state index is 4.98. The molecule has 0 aliphatic carbocycles. The van der Waals surface area contributed by atoms with Crippen LogP contribution in [0.4, 0.5) is 0 Å². The van der Waals surface area contributed by atoms with E-state index in [2.05, 4.69) is 29.3 Å². The van der Waals surface area contributed by atoms with E-state index in [1.807, 2.05) is 6.92 Å². The van der Waals surface area contributed by atoms with E-state index in [4.69, 9.17) is 4.52 Å². The largest absolute Gasteiger partial charge is 0.338 e. The number of rotatable bonds is 6. The van der Waals surface area contributed by atoms with Crippen LogP contribution in [-0.4, -0.2) is 16.7 Å². The van der Waals surface area contributed by atoms with Crippen molar-refractivity contribution in [1.82, 2.24) is 15.5 Å². The zero-order valence-electron chi connectivity index (χ0n) is 9.21. The van der Waals surface area contributed by atoms with E-state index in [-0.39, 0.29) is 0 Å². The number of nitrogens with zero attached hydrogens (tertiary/aromatic N) is 2. The fourth-order valence-electron chi connectivity index (χ4n) is 1.43. The fourth-order valence-corrected chi connectivity index (χ4v) is 1.43. The molecular weight excluding hydrogens is 178 g/mol. The van der Waals surface area contributed by atoms with Crippen LogP contribution in [0.2, 0.25) is 0 Å². The molecule has 4 nitrogen and oxygen atoms in total. The van der Waals surface area contributed by atoms with Gasteiger partial charge >= 0.3 is 0 Å². The molecule has 80 valence electrons. The van der Waals surface area contributed by atoms with Crippen molar-refractivity contribution in [2.75, 3.05) is 6.54 Å². The molecule has 1 atom stereocenters. The SMILES string of the molecule is CCCC(C)CNCc1nc(C)no1. The summed E-state index contributed by atoms with van der Waals surface area (Å²) in [7, 11) is 0. The Morgan fingerprint density at radius 1 is 1.50 bits per heavy atom. The molecular formula is C10H19N3O. The van der Waals surface area contributed by atoms with Gasteiger partial charge in [0.05, 0.1) is 6.54 Å². The second-order valence-corrected chi connectivity index (χ2v) is 3.76. The zero-order valence-corrected chi connectivity index (χ0v) is 9.21. The quantitative estimate of drug-likeness (QED) is 0.756. The monoisotopic (exact) mass is 197 g/mol. The number of nitrogens with one attached hydrogen (secondary N) is 1. The summed E-state index contributed by atoms with van der Waals surface area (Å²) in [4.78, 5) is 4.11. The highest BCUT2D eigenvalue weighted by Gasteiger charge is 2.03. The van der Waals surface area contributed by atoms with Crippen LogP contribution in [0, 0.1) is 12.8 Å². The number of hydrogen-bond acceptors (Lipinski definition) is 4. The molecule has 0 spiro atoms. The molecule has 14 heavy (non-hydrogen) atoms. The van der Waals surface area contributed by atoms with Gasteiger partial charge in [0, 0.05) is 0 Å². The van der Waals surface area contributed by atoms with Crippen LogP contribution in [0.25, 0.3) is 0 Å². The van der Waals surface area contributed by atoms with Crippen LogP contribution < -0.4 is 5.32 Å². The van der Waals surface area contributed by atoms with Gasteiger partial charge in [-0.3, -0.25) is 0 Å². The van der Waals surface area contributed by atoms with E-state index in [1.54, 1.807) is 0 Å². The summed E-state index contributed by atoms with van der Waals surface area (Å²) in [6.07, 6.45) is 2.50. The van der Waals surface area contributed by atoms with Gasteiger partial charge in [-0.05, 0) is 25.8 Å². The van der Waals surface area contributed by atoms with Crippen LogP contribution in [-0.2, 0) is 6.54 Å². The first-order chi connectivity index (χ1) is 6.72. The molecule has 1 aromatic rings. The third-order valence-corrected chi connectivity index (χ3v) is 2.12. The smallest absolute Gasteiger partial charge is 0.240 e. The summed E-state index contributed by atoms with van der Waals surface area (Å²) in [5.74, 6) is 2.08. The highest BCUT2D eigenvalue weighted by Crippen LogP contribution is 2.03. The highest BCUT2D eigenvalue weighted by atomic mass is 16.5. The van der Waals surface area contributed by atoms with Gasteiger partial charge in [0.15, 0.2) is 5.82 Å². The van der Waals surface area contributed by atoms with Gasteiger partial charge in [-0.2, -0.15) is 4.98 Å². The number of aromatic nitrogens is 2. The van der Waals surface area contributed by atoms with E-state index in [1.165, 1.54) is 12.8 Å². The Hall–Kier alpha value is -0.900. The third-order valence-electron chi connectivity index (χ3n) is 2.12. The molecule has 1 N–H and O–H groups in total. The van der Waals surface area contributed by atoms with Crippen molar-refractivity contribution in [3.05, 3.63) is 11.7 Å². The average molecular weight is 197 g/mol. The van der Waals surface area contributed by atoms with Gasteiger partial charge in [0.25, 0.3) is 0 Å². The van der Waals surface area contributed by atoms with Crippen molar-refractivity contribution < 1.29 is 4.52 Å². The summed E-state index contributed by atoms with van der Waals surface area (Å²) in [6.45, 7) is 7.96. The summed E-state index contributed by atoms with van der Waals surface area (Å²) in [5.41, 5.74) is 0. The van der Waals surface area contributed by atoms with Gasteiger partial charge in [-0.25, -0.2) is 0 Å². The average Bonchev–Trinajstić information content (AvgIpc) is 2.52. The Balaban J connectivity index is 2.15. The molecule has 1 unspecified atom stereocenters. The molecule has 0 bridgehead atoms. The Morgan fingerprint density at radius 3 is 2.86 bits per heavy atom. The predicted octanol–water partition coefficient (Wildman–Crippen LogP) is 1.90. The van der Waals surface area contributed by atoms with Crippen molar-refractivity contribution in [1.29, 1.82) is 0 Å². The van der Waals surface area contributed by atoms with Gasteiger partial charge < -0.3 is 9.84 Å². The first-order valence-electron chi connectivity index (χ1n) is 5.22. The van der Waals surface area contributed by atoms with Crippen LogP contribution >= 0.6 is 0 Å². The van der Waals surface area contributed by atoms with E-state index >= 15 is 0 Å². The van der Waals surface area contributed by atoms with Gasteiger partial charge in [-0.15, -0.1) is 0 Å². The molecule has 0 aliphatic heterocycles. The molecule has 4 heteroatoms. The first-order valence-corrected chi connectivity index (χ1v) is 5.22. The van der Waals surface area contributed by atoms with E-state index in [9.17, 15) is 0 Å². The van der Waals surface area contributed by atoms with Crippen molar-refractivity contribution in [2.45, 2.75) is 40.2 Å². The topological polar surface area (TPSA) is 51.0 Å². The Bertz CT molecular complexity index is 260. The molecule has 1 heterocycles.